The largest absolute Gasteiger partial charge is 0.490 e. The van der Waals surface area contributed by atoms with Crippen LogP contribution in [0.3, 0.4) is 0 Å². The number of aliphatic imine (C=N–C) groups is 1. The van der Waals surface area contributed by atoms with E-state index in [0.717, 1.165) is 0 Å². The maximum atomic E-state index is 9.90. The average Bonchev–Trinajstić information content (AvgIpc) is 2.94. The van der Waals surface area contributed by atoms with Crippen LogP contribution in [0, 0.1) is 0 Å². The van der Waals surface area contributed by atoms with Gasteiger partial charge in [0, 0.05) is 0 Å². The van der Waals surface area contributed by atoms with Gasteiger partial charge in [-0.3, -0.25) is 0 Å². The van der Waals surface area contributed by atoms with Gasteiger partial charge in [0.2, 0.25) is 12.0 Å². The summed E-state index contributed by atoms with van der Waals surface area (Å²) < 4.78 is 5.33. The van der Waals surface area contributed by atoms with Crippen LogP contribution in [0.1, 0.15) is 0 Å². The van der Waals surface area contributed by atoms with Crippen LogP contribution in [0.5, 0.6) is 5.88 Å². The number of aliphatic hydroxyl groups excluding tert-OH is 3. The van der Waals surface area contributed by atoms with Crippen LogP contribution >= 0.6 is 0 Å². The SMILES string of the molecule is OC[C@H]1O[C@@H]([N+]2C=Nc3c(O)nnnc32)[C@H](O)[C@@H]1O. The van der Waals surface area contributed by atoms with Crippen molar-refractivity contribution in [3.63, 3.8) is 0 Å². The van der Waals surface area contributed by atoms with Crippen molar-refractivity contribution in [1.29, 1.82) is 0 Å². The molecule has 4 atom stereocenters. The first-order valence-corrected chi connectivity index (χ1v) is 5.50. The van der Waals surface area contributed by atoms with Gasteiger partial charge < -0.3 is 25.2 Å². The maximum absolute atomic E-state index is 9.90. The molecule has 0 amide bonds. The summed E-state index contributed by atoms with van der Waals surface area (Å²) in [6.07, 6.45) is -3.09. The Kier molecular flexibility index (Phi) is 2.88. The first-order valence-electron chi connectivity index (χ1n) is 5.50. The number of aliphatic hydroxyl groups is 3. The monoisotopic (exact) mass is 269 g/mol. The molecule has 2 aliphatic rings. The molecule has 1 aromatic heterocycles. The Morgan fingerprint density at radius 1 is 1.26 bits per heavy atom. The zero-order valence-electron chi connectivity index (χ0n) is 9.53. The number of fused-ring (bicyclic) bond motifs is 1. The van der Waals surface area contributed by atoms with E-state index < -0.39 is 37.0 Å². The molecule has 101 valence electrons. The Balaban J connectivity index is 1.91. The van der Waals surface area contributed by atoms with Crippen molar-refractivity contribution in [2.45, 2.75) is 24.5 Å². The predicted molar refractivity (Wildman–Crippen MR) is 59.2 cm³/mol. The minimum absolute atomic E-state index is 0.104. The number of aromatic nitrogens is 3. The van der Waals surface area contributed by atoms with Crippen LogP contribution in [0.25, 0.3) is 0 Å². The first kappa shape index (κ1) is 12.3. The Morgan fingerprint density at radius 3 is 2.74 bits per heavy atom. The van der Waals surface area contributed by atoms with Crippen LogP contribution in [-0.4, -0.2) is 73.3 Å². The van der Waals surface area contributed by atoms with Crippen molar-refractivity contribution >= 4 is 17.8 Å². The van der Waals surface area contributed by atoms with Crippen molar-refractivity contribution in [2.75, 3.05) is 6.61 Å². The van der Waals surface area contributed by atoms with E-state index in [1.54, 1.807) is 0 Å². The third-order valence-electron chi connectivity index (χ3n) is 3.05. The summed E-state index contributed by atoms with van der Waals surface area (Å²) in [7, 11) is 0. The molecule has 10 heteroatoms. The second kappa shape index (κ2) is 4.43. The summed E-state index contributed by atoms with van der Waals surface area (Å²) >= 11 is 0. The molecule has 0 aliphatic carbocycles. The highest BCUT2D eigenvalue weighted by atomic mass is 16.6. The smallest absolute Gasteiger partial charge is 0.337 e. The van der Waals surface area contributed by atoms with E-state index in [2.05, 4.69) is 20.4 Å². The molecule has 3 heterocycles. The summed E-state index contributed by atoms with van der Waals surface area (Å²) in [6.45, 7) is -0.431. The Bertz CT molecular complexity index is 526. The number of aromatic hydroxyl groups is 1. The molecule has 1 fully saturated rings. The van der Waals surface area contributed by atoms with E-state index in [-0.39, 0.29) is 11.5 Å². The normalized spacial score (nSPS) is 33.8. The Morgan fingerprint density at radius 2 is 2.05 bits per heavy atom. The first-order chi connectivity index (χ1) is 9.13. The number of ether oxygens (including phenoxy) is 1. The summed E-state index contributed by atoms with van der Waals surface area (Å²) in [5, 5.41) is 48.5. The quantitative estimate of drug-likeness (QED) is 0.429. The van der Waals surface area contributed by atoms with Crippen molar-refractivity contribution in [3.8, 4) is 5.88 Å². The van der Waals surface area contributed by atoms with Crippen molar-refractivity contribution in [2.24, 2.45) is 4.99 Å². The fourth-order valence-corrected chi connectivity index (χ4v) is 2.06. The highest BCUT2D eigenvalue weighted by Crippen LogP contribution is 2.38. The molecule has 0 spiro atoms. The minimum Gasteiger partial charge on any atom is -0.490 e. The van der Waals surface area contributed by atoms with Crippen molar-refractivity contribution in [3.05, 3.63) is 0 Å². The third-order valence-corrected chi connectivity index (χ3v) is 3.05. The Hall–Kier alpha value is -1.72. The van der Waals surface area contributed by atoms with Crippen LogP contribution in [0.2, 0.25) is 0 Å². The maximum Gasteiger partial charge on any atom is 0.337 e. The molecule has 19 heavy (non-hydrogen) atoms. The van der Waals surface area contributed by atoms with Gasteiger partial charge in [-0.2, -0.15) is 4.99 Å². The standard InChI is InChI=1S/C9H11N5O5/c15-1-3-5(16)6(17)9(19-3)14-2-10-4-7(14)11-13-12-8(4)18/h2-3,5-6,9,15-17H,1H2,(H,11,12,18)/q+1/t3-,5-,6-,9-/m1/s1. The molecule has 3 rings (SSSR count). The lowest BCUT2D eigenvalue weighted by Crippen LogP contribution is -2.44. The number of hydrogen-bond acceptors (Lipinski definition) is 10. The average molecular weight is 269 g/mol. The van der Waals surface area contributed by atoms with Gasteiger partial charge in [-0.1, -0.05) is 10.2 Å². The number of hydrogen-bond donors (Lipinski definition) is 4. The zero-order valence-corrected chi connectivity index (χ0v) is 9.53. The van der Waals surface area contributed by atoms with Gasteiger partial charge in [-0.15, -0.1) is 0 Å². The van der Waals surface area contributed by atoms with Gasteiger partial charge in [0.05, 0.1) is 6.61 Å². The molecule has 0 unspecified atom stereocenters. The number of nitrogens with zero attached hydrogens (tertiary/aromatic N) is 5. The lowest BCUT2D eigenvalue weighted by molar-refractivity contribution is -0.0366. The third kappa shape index (κ3) is 1.77. The van der Waals surface area contributed by atoms with Gasteiger partial charge in [-0.25, -0.2) is 0 Å². The van der Waals surface area contributed by atoms with E-state index in [0.29, 0.717) is 0 Å². The summed E-state index contributed by atoms with van der Waals surface area (Å²) in [4.78, 5) is 5.20. The fraction of sp³-hybridized carbons (Fsp3) is 0.556. The van der Waals surface area contributed by atoms with Crippen LogP contribution in [0.15, 0.2) is 4.99 Å². The molecule has 0 saturated carbocycles. The van der Waals surface area contributed by atoms with Gasteiger partial charge in [-0.05, 0) is 10.1 Å². The number of anilines is 1. The van der Waals surface area contributed by atoms with Crippen LogP contribution in [0.4, 0.5) is 11.5 Å². The van der Waals surface area contributed by atoms with E-state index in [9.17, 15) is 15.3 Å². The summed E-state index contributed by atoms with van der Waals surface area (Å²) in [5.74, 6) is -0.238. The minimum atomic E-state index is -1.26. The van der Waals surface area contributed by atoms with E-state index in [1.807, 2.05) is 0 Å². The topological polar surface area (TPSA) is 147 Å². The lowest BCUT2D eigenvalue weighted by atomic mass is 10.1. The highest BCUT2D eigenvalue weighted by Gasteiger charge is 2.54. The molecule has 0 aromatic carbocycles. The zero-order chi connectivity index (χ0) is 13.6. The van der Waals surface area contributed by atoms with Crippen LogP contribution in [-0.2, 0) is 4.74 Å². The molecule has 1 saturated heterocycles. The van der Waals surface area contributed by atoms with Gasteiger partial charge in [0.1, 0.15) is 12.2 Å². The molecular weight excluding hydrogens is 258 g/mol. The van der Waals surface area contributed by atoms with Gasteiger partial charge in [0.25, 0.3) is 12.1 Å². The molecule has 1 aromatic rings. The lowest BCUT2D eigenvalue weighted by Gasteiger charge is -2.12. The summed E-state index contributed by atoms with van der Waals surface area (Å²) in [6, 6.07) is 0. The van der Waals surface area contributed by atoms with Crippen molar-refractivity contribution in [1.82, 2.24) is 20.3 Å². The van der Waals surface area contributed by atoms with E-state index >= 15 is 0 Å². The van der Waals surface area contributed by atoms with E-state index in [1.165, 1.54) is 11.2 Å². The fourth-order valence-electron chi connectivity index (χ4n) is 2.06. The van der Waals surface area contributed by atoms with Crippen molar-refractivity contribution < 1.29 is 25.2 Å². The molecular formula is C9H11N5O5+. The highest BCUT2D eigenvalue weighted by molar-refractivity contribution is 5.84. The number of rotatable bonds is 2. The van der Waals surface area contributed by atoms with Gasteiger partial charge >= 0.3 is 5.82 Å². The molecule has 1 radical (unpaired) electrons. The second-order valence-electron chi connectivity index (χ2n) is 4.17. The van der Waals surface area contributed by atoms with Gasteiger partial charge in [0.15, 0.2) is 6.10 Å². The molecule has 2 aliphatic heterocycles. The van der Waals surface area contributed by atoms with Crippen LogP contribution < -0.4 is 4.90 Å². The molecule has 0 bridgehead atoms. The molecule has 10 nitrogen and oxygen atoms in total. The Labute approximate surface area is 106 Å². The second-order valence-corrected chi connectivity index (χ2v) is 4.17. The predicted octanol–water partition coefficient (Wildman–Crippen LogP) is -2.54. The van der Waals surface area contributed by atoms with E-state index in [4.69, 9.17) is 9.84 Å². The molecule has 4 N–H and O–H groups in total. The summed E-state index contributed by atoms with van der Waals surface area (Å²) in [5.41, 5.74) is 0.104.